The van der Waals surface area contributed by atoms with Crippen LogP contribution >= 0.6 is 0 Å². The monoisotopic (exact) mass is 210 g/mol. The van der Waals surface area contributed by atoms with Crippen molar-refractivity contribution in [3.8, 4) is 0 Å². The molecule has 15 heavy (non-hydrogen) atoms. The molecule has 1 aromatic heterocycles. The lowest BCUT2D eigenvalue weighted by molar-refractivity contribution is -0.386. The van der Waals surface area contributed by atoms with Crippen molar-refractivity contribution in [3.63, 3.8) is 0 Å². The van der Waals surface area contributed by atoms with Crippen LogP contribution in [0.4, 0.5) is 5.69 Å². The number of pyridine rings is 1. The summed E-state index contributed by atoms with van der Waals surface area (Å²) in [5, 5.41) is 19.6. The van der Waals surface area contributed by atoms with Gasteiger partial charge >= 0.3 is 5.97 Å². The Hall–Kier alpha value is -1.98. The van der Waals surface area contributed by atoms with E-state index in [0.717, 1.165) is 0 Å². The van der Waals surface area contributed by atoms with Crippen LogP contribution in [0.15, 0.2) is 18.3 Å². The number of aromatic nitrogens is 1. The number of rotatable bonds is 3. The number of carbonyl (C=O) groups is 1. The minimum Gasteiger partial charge on any atom is -0.481 e. The van der Waals surface area contributed by atoms with Crippen LogP contribution in [0.25, 0.3) is 0 Å². The highest BCUT2D eigenvalue weighted by molar-refractivity contribution is 5.81. The molecule has 1 heterocycles. The molecule has 0 aliphatic heterocycles. The van der Waals surface area contributed by atoms with E-state index in [0.29, 0.717) is 0 Å². The van der Waals surface area contributed by atoms with E-state index in [1.165, 1.54) is 32.2 Å². The number of carboxylic acid groups (broad SMARTS) is 1. The summed E-state index contributed by atoms with van der Waals surface area (Å²) < 4.78 is 0. The topological polar surface area (TPSA) is 93.3 Å². The summed E-state index contributed by atoms with van der Waals surface area (Å²) in [6.07, 6.45) is 1.34. The largest absolute Gasteiger partial charge is 0.481 e. The van der Waals surface area contributed by atoms with Crippen molar-refractivity contribution in [3.05, 3.63) is 34.1 Å². The second-order valence-electron chi connectivity index (χ2n) is 3.56. The van der Waals surface area contributed by atoms with Gasteiger partial charge in [0.05, 0.1) is 4.92 Å². The molecule has 0 fully saturated rings. The predicted octanol–water partition coefficient (Wildman–Crippen LogP) is 1.35. The first kappa shape index (κ1) is 11.1. The Balaban J connectivity index is 3.37. The van der Waals surface area contributed by atoms with Crippen molar-refractivity contribution in [2.45, 2.75) is 19.3 Å². The standard InChI is InChI=1S/C9H10N2O4/c1-9(2,8(12)13)7-6(11(14)15)4-3-5-10-7/h3-5H,1-2H3,(H,12,13). The average molecular weight is 210 g/mol. The van der Waals surface area contributed by atoms with Gasteiger partial charge in [0.1, 0.15) is 11.1 Å². The van der Waals surface area contributed by atoms with Gasteiger partial charge in [-0.25, -0.2) is 0 Å². The average Bonchev–Trinajstić information content (AvgIpc) is 2.17. The van der Waals surface area contributed by atoms with E-state index in [9.17, 15) is 14.9 Å². The highest BCUT2D eigenvalue weighted by atomic mass is 16.6. The molecule has 0 saturated heterocycles. The fourth-order valence-electron chi connectivity index (χ4n) is 1.13. The van der Waals surface area contributed by atoms with E-state index in [2.05, 4.69) is 4.98 Å². The Morgan fingerprint density at radius 3 is 2.67 bits per heavy atom. The van der Waals surface area contributed by atoms with Crippen LogP contribution in [-0.4, -0.2) is 21.0 Å². The molecule has 0 amide bonds. The summed E-state index contributed by atoms with van der Waals surface area (Å²) in [6.45, 7) is 2.76. The molecule has 0 aliphatic rings. The first-order valence-corrected chi connectivity index (χ1v) is 4.20. The summed E-state index contributed by atoms with van der Waals surface area (Å²) in [5.74, 6) is -1.15. The van der Waals surface area contributed by atoms with E-state index in [1.54, 1.807) is 0 Å². The number of aliphatic carboxylic acids is 1. The highest BCUT2D eigenvalue weighted by Gasteiger charge is 2.37. The van der Waals surface area contributed by atoms with Gasteiger partial charge in [-0.1, -0.05) is 0 Å². The lowest BCUT2D eigenvalue weighted by Crippen LogP contribution is -2.30. The predicted molar refractivity (Wildman–Crippen MR) is 51.6 cm³/mol. The first-order chi connectivity index (χ1) is 6.87. The molecule has 0 atom stereocenters. The lowest BCUT2D eigenvalue weighted by Gasteiger charge is -2.17. The Kier molecular flexibility index (Phi) is 2.69. The Morgan fingerprint density at radius 1 is 1.60 bits per heavy atom. The molecule has 0 spiro atoms. The van der Waals surface area contributed by atoms with Crippen molar-refractivity contribution in [1.82, 2.24) is 4.98 Å². The van der Waals surface area contributed by atoms with E-state index in [-0.39, 0.29) is 11.4 Å². The van der Waals surface area contributed by atoms with Gasteiger partial charge in [-0.15, -0.1) is 0 Å². The summed E-state index contributed by atoms with van der Waals surface area (Å²) in [4.78, 5) is 24.7. The van der Waals surface area contributed by atoms with Crippen molar-refractivity contribution in [2.24, 2.45) is 0 Å². The molecule has 1 N–H and O–H groups in total. The van der Waals surface area contributed by atoms with Crippen LogP contribution in [0.1, 0.15) is 19.5 Å². The molecular weight excluding hydrogens is 200 g/mol. The van der Waals surface area contributed by atoms with Crippen molar-refractivity contribution >= 4 is 11.7 Å². The fourth-order valence-corrected chi connectivity index (χ4v) is 1.13. The molecule has 6 nitrogen and oxygen atoms in total. The zero-order valence-corrected chi connectivity index (χ0v) is 8.30. The van der Waals surface area contributed by atoms with Gasteiger partial charge in [-0.3, -0.25) is 19.9 Å². The molecule has 80 valence electrons. The van der Waals surface area contributed by atoms with Crippen molar-refractivity contribution < 1.29 is 14.8 Å². The molecule has 0 bridgehead atoms. The van der Waals surface area contributed by atoms with E-state index in [4.69, 9.17) is 5.11 Å². The van der Waals surface area contributed by atoms with Gasteiger partial charge in [0.15, 0.2) is 0 Å². The second-order valence-corrected chi connectivity index (χ2v) is 3.56. The normalized spacial score (nSPS) is 11.1. The third kappa shape index (κ3) is 1.93. The van der Waals surface area contributed by atoms with E-state index in [1.807, 2.05) is 0 Å². The number of hydrogen-bond acceptors (Lipinski definition) is 4. The maximum Gasteiger partial charge on any atom is 0.315 e. The van der Waals surface area contributed by atoms with E-state index < -0.39 is 16.3 Å². The lowest BCUT2D eigenvalue weighted by atomic mass is 9.88. The molecule has 1 aromatic rings. The van der Waals surface area contributed by atoms with Gasteiger partial charge in [-0.05, 0) is 19.9 Å². The van der Waals surface area contributed by atoms with Crippen LogP contribution < -0.4 is 0 Å². The number of carboxylic acids is 1. The fraction of sp³-hybridized carbons (Fsp3) is 0.333. The Morgan fingerprint density at radius 2 is 2.20 bits per heavy atom. The van der Waals surface area contributed by atoms with Gasteiger partial charge in [-0.2, -0.15) is 0 Å². The zero-order valence-electron chi connectivity index (χ0n) is 8.30. The summed E-state index contributed by atoms with van der Waals surface area (Å²) in [7, 11) is 0. The van der Waals surface area contributed by atoms with E-state index >= 15 is 0 Å². The van der Waals surface area contributed by atoms with Gasteiger partial charge in [0.2, 0.25) is 0 Å². The molecule has 0 aromatic carbocycles. The van der Waals surface area contributed by atoms with Crippen LogP contribution in [0.3, 0.4) is 0 Å². The Bertz CT molecular complexity index is 414. The van der Waals surface area contributed by atoms with Crippen molar-refractivity contribution in [2.75, 3.05) is 0 Å². The summed E-state index contributed by atoms with van der Waals surface area (Å²) in [5.41, 5.74) is -1.68. The third-order valence-corrected chi connectivity index (χ3v) is 2.11. The van der Waals surface area contributed by atoms with Crippen LogP contribution in [0.2, 0.25) is 0 Å². The first-order valence-electron chi connectivity index (χ1n) is 4.20. The maximum absolute atomic E-state index is 10.9. The number of hydrogen-bond donors (Lipinski definition) is 1. The summed E-state index contributed by atoms with van der Waals surface area (Å²) >= 11 is 0. The molecule has 0 radical (unpaired) electrons. The van der Waals surface area contributed by atoms with Crippen LogP contribution in [-0.2, 0) is 10.2 Å². The van der Waals surface area contributed by atoms with Crippen LogP contribution in [0, 0.1) is 10.1 Å². The Labute approximate surface area is 85.7 Å². The molecule has 0 saturated carbocycles. The quantitative estimate of drug-likeness (QED) is 0.600. The van der Waals surface area contributed by atoms with Crippen molar-refractivity contribution in [1.29, 1.82) is 0 Å². The van der Waals surface area contributed by atoms with Gasteiger partial charge < -0.3 is 5.11 Å². The van der Waals surface area contributed by atoms with Gasteiger partial charge in [0, 0.05) is 12.3 Å². The smallest absolute Gasteiger partial charge is 0.315 e. The maximum atomic E-state index is 10.9. The van der Waals surface area contributed by atoms with Crippen LogP contribution in [0.5, 0.6) is 0 Å². The minimum absolute atomic E-state index is 0.0394. The summed E-state index contributed by atoms with van der Waals surface area (Å²) in [6, 6.07) is 2.65. The molecule has 0 unspecified atom stereocenters. The minimum atomic E-state index is -1.37. The second kappa shape index (κ2) is 3.64. The molecule has 1 rings (SSSR count). The zero-order chi connectivity index (χ0) is 11.6. The number of nitrogens with zero attached hydrogens (tertiary/aromatic N) is 2. The molecule has 0 aliphatic carbocycles. The highest BCUT2D eigenvalue weighted by Crippen LogP contribution is 2.29. The van der Waals surface area contributed by atoms with Gasteiger partial charge in [0.25, 0.3) is 5.69 Å². The SMILES string of the molecule is CC(C)(C(=O)O)c1ncccc1[N+](=O)[O-]. The molecule has 6 heteroatoms. The third-order valence-electron chi connectivity index (χ3n) is 2.11. The molecular formula is C9H10N2O4. The number of nitro groups is 1.